The van der Waals surface area contributed by atoms with Crippen molar-refractivity contribution in [1.29, 1.82) is 0 Å². The number of carboxylic acids is 1. The molecule has 0 aliphatic carbocycles. The molecule has 1 fully saturated rings. The number of anilines is 1. The van der Waals surface area contributed by atoms with Crippen LogP contribution in [0, 0.1) is 0 Å². The van der Waals surface area contributed by atoms with Crippen molar-refractivity contribution in [2.45, 2.75) is 25.8 Å². The predicted octanol–water partition coefficient (Wildman–Crippen LogP) is 1.40. The number of rotatable bonds is 4. The van der Waals surface area contributed by atoms with E-state index < -0.39 is 12.0 Å². The molecule has 0 aromatic carbocycles. The Morgan fingerprint density at radius 2 is 2.06 bits per heavy atom. The average molecular weight is 252 g/mol. The second kappa shape index (κ2) is 5.12. The van der Waals surface area contributed by atoms with E-state index in [-0.39, 0.29) is 11.7 Å². The van der Waals surface area contributed by atoms with Crippen molar-refractivity contribution >= 4 is 17.8 Å². The van der Waals surface area contributed by atoms with Crippen molar-refractivity contribution in [3.63, 3.8) is 0 Å². The van der Waals surface area contributed by atoms with Crippen LogP contribution in [0.15, 0.2) is 16.5 Å². The zero-order chi connectivity index (χ0) is 13.1. The third-order valence-corrected chi connectivity index (χ3v) is 2.96. The van der Waals surface area contributed by atoms with Crippen LogP contribution >= 0.6 is 0 Å². The van der Waals surface area contributed by atoms with Gasteiger partial charge in [-0.15, -0.1) is 0 Å². The third kappa shape index (κ3) is 2.64. The maximum absolute atomic E-state index is 12.0. The molecular weight excluding hydrogens is 236 g/mol. The van der Waals surface area contributed by atoms with Gasteiger partial charge in [0.2, 0.25) is 11.7 Å². The maximum atomic E-state index is 12.0. The summed E-state index contributed by atoms with van der Waals surface area (Å²) in [6, 6.07) is 2.45. The summed E-state index contributed by atoms with van der Waals surface area (Å²) >= 11 is 0. The molecule has 2 rings (SSSR count). The first-order valence-corrected chi connectivity index (χ1v) is 5.96. The zero-order valence-corrected chi connectivity index (χ0v) is 10.2. The van der Waals surface area contributed by atoms with E-state index >= 15 is 0 Å². The van der Waals surface area contributed by atoms with Crippen LogP contribution in [-0.4, -0.2) is 41.0 Å². The van der Waals surface area contributed by atoms with Gasteiger partial charge in [-0.05, 0) is 25.8 Å². The molecule has 1 aromatic rings. The molecule has 6 heteroatoms. The van der Waals surface area contributed by atoms with Gasteiger partial charge in [-0.25, -0.2) is 4.79 Å². The Bertz CT molecular complexity index is 449. The molecule has 18 heavy (non-hydrogen) atoms. The molecule has 2 N–H and O–H groups in total. The van der Waals surface area contributed by atoms with Gasteiger partial charge in [0.05, 0.1) is 0 Å². The Balaban J connectivity index is 1.95. The Hall–Kier alpha value is -1.98. The number of aromatic carboxylic acids is 1. The third-order valence-electron chi connectivity index (χ3n) is 2.96. The van der Waals surface area contributed by atoms with Crippen molar-refractivity contribution in [1.82, 2.24) is 4.90 Å². The van der Waals surface area contributed by atoms with Crippen LogP contribution in [0.5, 0.6) is 0 Å². The average Bonchev–Trinajstić information content (AvgIpc) is 2.98. The number of nitrogens with one attached hydrogen (secondary N) is 1. The molecule has 0 bridgehead atoms. The molecule has 1 aliphatic heterocycles. The number of carboxylic acid groups (broad SMARTS) is 1. The molecule has 1 aromatic heterocycles. The Morgan fingerprint density at radius 1 is 1.39 bits per heavy atom. The lowest BCUT2D eigenvalue weighted by molar-refractivity contribution is -0.130. The molecular formula is C12H16N2O4. The monoisotopic (exact) mass is 252 g/mol. The predicted molar refractivity (Wildman–Crippen MR) is 64.6 cm³/mol. The SMILES string of the molecule is CC(Nc1ccc(C(=O)O)o1)C(=O)N1CCCC1. The number of amides is 1. The summed E-state index contributed by atoms with van der Waals surface area (Å²) in [6.07, 6.45) is 2.09. The van der Waals surface area contributed by atoms with Gasteiger partial charge in [0, 0.05) is 19.2 Å². The maximum Gasteiger partial charge on any atom is 0.371 e. The van der Waals surface area contributed by atoms with Gasteiger partial charge >= 0.3 is 5.97 Å². The minimum atomic E-state index is -1.12. The summed E-state index contributed by atoms with van der Waals surface area (Å²) in [5.41, 5.74) is 0. The highest BCUT2D eigenvalue weighted by Crippen LogP contribution is 2.16. The van der Waals surface area contributed by atoms with Crippen molar-refractivity contribution in [2.24, 2.45) is 0 Å². The summed E-state index contributed by atoms with van der Waals surface area (Å²) in [6.45, 7) is 3.33. The molecule has 0 spiro atoms. The molecule has 1 amide bonds. The van der Waals surface area contributed by atoms with Crippen LogP contribution in [0.1, 0.15) is 30.3 Å². The van der Waals surface area contributed by atoms with Crippen molar-refractivity contribution in [2.75, 3.05) is 18.4 Å². The fraction of sp³-hybridized carbons (Fsp3) is 0.500. The van der Waals surface area contributed by atoms with Crippen LogP contribution in [0.2, 0.25) is 0 Å². The van der Waals surface area contributed by atoms with Gasteiger partial charge in [-0.3, -0.25) is 4.79 Å². The lowest BCUT2D eigenvalue weighted by atomic mass is 10.3. The van der Waals surface area contributed by atoms with Crippen molar-refractivity contribution in [3.8, 4) is 0 Å². The smallest absolute Gasteiger partial charge is 0.371 e. The first kappa shape index (κ1) is 12.5. The minimum absolute atomic E-state index is 0.0146. The molecule has 1 unspecified atom stereocenters. The quantitative estimate of drug-likeness (QED) is 0.846. The molecule has 1 atom stereocenters. The van der Waals surface area contributed by atoms with E-state index in [1.54, 1.807) is 11.8 Å². The molecule has 98 valence electrons. The van der Waals surface area contributed by atoms with E-state index in [9.17, 15) is 9.59 Å². The normalized spacial score (nSPS) is 16.6. The van der Waals surface area contributed by atoms with E-state index in [2.05, 4.69) is 5.32 Å². The van der Waals surface area contributed by atoms with E-state index in [0.717, 1.165) is 25.9 Å². The fourth-order valence-corrected chi connectivity index (χ4v) is 2.02. The summed E-state index contributed by atoms with van der Waals surface area (Å²) in [4.78, 5) is 24.4. The van der Waals surface area contributed by atoms with Gasteiger partial charge in [0.1, 0.15) is 6.04 Å². The Morgan fingerprint density at radius 3 is 2.61 bits per heavy atom. The molecule has 6 nitrogen and oxygen atoms in total. The van der Waals surface area contributed by atoms with Crippen LogP contribution in [0.25, 0.3) is 0 Å². The number of furan rings is 1. The second-order valence-corrected chi connectivity index (χ2v) is 4.37. The number of carbonyl (C=O) groups is 2. The Labute approximate surface area is 105 Å². The summed E-state index contributed by atoms with van der Waals surface area (Å²) < 4.78 is 5.05. The van der Waals surface area contributed by atoms with Crippen molar-refractivity contribution in [3.05, 3.63) is 17.9 Å². The van der Waals surface area contributed by atoms with Crippen LogP contribution in [0.4, 0.5) is 5.88 Å². The van der Waals surface area contributed by atoms with Gasteiger partial charge in [-0.2, -0.15) is 0 Å². The number of carbonyl (C=O) groups excluding carboxylic acids is 1. The minimum Gasteiger partial charge on any atom is -0.475 e. The lowest BCUT2D eigenvalue weighted by Gasteiger charge is -2.20. The summed E-state index contributed by atoms with van der Waals surface area (Å²) in [5.74, 6) is -0.951. The van der Waals surface area contributed by atoms with Crippen LogP contribution in [-0.2, 0) is 4.79 Å². The molecule has 1 aliphatic rings. The Kier molecular flexibility index (Phi) is 3.55. The fourth-order valence-electron chi connectivity index (χ4n) is 2.02. The number of hydrogen-bond donors (Lipinski definition) is 2. The zero-order valence-electron chi connectivity index (χ0n) is 10.2. The van der Waals surface area contributed by atoms with Gasteiger partial charge in [-0.1, -0.05) is 0 Å². The summed E-state index contributed by atoms with van der Waals surface area (Å²) in [5, 5.41) is 11.6. The topological polar surface area (TPSA) is 82.8 Å². The molecule has 0 radical (unpaired) electrons. The number of nitrogens with zero attached hydrogens (tertiary/aromatic N) is 1. The highest BCUT2D eigenvalue weighted by Gasteiger charge is 2.23. The van der Waals surface area contributed by atoms with Gasteiger partial charge in [0.15, 0.2) is 5.88 Å². The van der Waals surface area contributed by atoms with Crippen LogP contribution in [0.3, 0.4) is 0 Å². The largest absolute Gasteiger partial charge is 0.475 e. The highest BCUT2D eigenvalue weighted by atomic mass is 16.4. The standard InChI is InChI=1S/C12H16N2O4/c1-8(11(15)14-6-2-3-7-14)13-10-5-4-9(18-10)12(16)17/h4-5,8,13H,2-3,6-7H2,1H3,(H,16,17). The molecule has 1 saturated heterocycles. The van der Waals surface area contributed by atoms with Crippen molar-refractivity contribution < 1.29 is 19.1 Å². The van der Waals surface area contributed by atoms with E-state index in [1.165, 1.54) is 12.1 Å². The molecule has 0 saturated carbocycles. The van der Waals surface area contributed by atoms with Gasteiger partial charge < -0.3 is 19.7 Å². The second-order valence-electron chi connectivity index (χ2n) is 4.37. The van der Waals surface area contributed by atoms with E-state index in [0.29, 0.717) is 5.88 Å². The van der Waals surface area contributed by atoms with Crippen LogP contribution < -0.4 is 5.32 Å². The summed E-state index contributed by atoms with van der Waals surface area (Å²) in [7, 11) is 0. The van der Waals surface area contributed by atoms with E-state index in [4.69, 9.17) is 9.52 Å². The highest BCUT2D eigenvalue weighted by molar-refractivity contribution is 5.86. The molecule has 2 heterocycles. The first-order chi connectivity index (χ1) is 8.58. The van der Waals surface area contributed by atoms with Gasteiger partial charge in [0.25, 0.3) is 0 Å². The number of hydrogen-bond acceptors (Lipinski definition) is 4. The van der Waals surface area contributed by atoms with E-state index in [1.807, 2.05) is 0 Å². The first-order valence-electron chi connectivity index (χ1n) is 5.96. The number of likely N-dealkylation sites (tertiary alicyclic amines) is 1. The lowest BCUT2D eigenvalue weighted by Crippen LogP contribution is -2.39.